The van der Waals surface area contributed by atoms with Crippen LogP contribution in [0.3, 0.4) is 0 Å². The fraction of sp³-hybridized carbons (Fsp3) is 0.250. The van der Waals surface area contributed by atoms with Crippen molar-refractivity contribution in [1.82, 2.24) is 20.0 Å². The lowest BCUT2D eigenvalue weighted by atomic mass is 10.1. The highest BCUT2D eigenvalue weighted by Crippen LogP contribution is 2.23. The van der Waals surface area contributed by atoms with E-state index in [1.807, 2.05) is 0 Å². The second-order valence-corrected chi connectivity index (χ2v) is 6.91. The first-order valence-corrected chi connectivity index (χ1v) is 9.34. The van der Waals surface area contributed by atoms with Gasteiger partial charge >= 0.3 is 6.18 Å². The Bertz CT molecular complexity index is 1230. The summed E-state index contributed by atoms with van der Waals surface area (Å²) in [5, 5.41) is 18.0. The first kappa shape index (κ1) is 22.9. The molecule has 0 radical (unpaired) electrons. The fourth-order valence-corrected chi connectivity index (χ4v) is 3.28. The van der Waals surface area contributed by atoms with Crippen molar-refractivity contribution in [3.63, 3.8) is 0 Å². The molecule has 3 aromatic rings. The molecule has 1 amide bonds. The third-order valence-electron chi connectivity index (χ3n) is 4.63. The van der Waals surface area contributed by atoms with Crippen molar-refractivity contribution in [2.75, 3.05) is 13.6 Å². The Morgan fingerprint density at radius 2 is 1.78 bits per heavy atom. The number of alkyl halides is 3. The molecule has 0 atom stereocenters. The van der Waals surface area contributed by atoms with Gasteiger partial charge in [0.25, 0.3) is 17.2 Å². The minimum atomic E-state index is -4.65. The molecular weight excluding hydrogens is 431 g/mol. The molecule has 0 unspecified atom stereocenters. The number of nitrogens with zero attached hydrogens (tertiary/aromatic N) is 4. The zero-order chi connectivity index (χ0) is 23.5. The van der Waals surface area contributed by atoms with Crippen molar-refractivity contribution in [1.29, 1.82) is 0 Å². The van der Waals surface area contributed by atoms with Crippen LogP contribution in [0, 0.1) is 10.1 Å². The van der Waals surface area contributed by atoms with Crippen LogP contribution >= 0.6 is 0 Å². The van der Waals surface area contributed by atoms with Gasteiger partial charge in [0.1, 0.15) is 0 Å². The Morgan fingerprint density at radius 1 is 1.16 bits per heavy atom. The zero-order valence-electron chi connectivity index (χ0n) is 16.8. The highest BCUT2D eigenvalue weighted by Gasteiger charge is 2.32. The Kier molecular flexibility index (Phi) is 6.53. The molecule has 32 heavy (non-hydrogen) atoms. The van der Waals surface area contributed by atoms with E-state index in [4.69, 9.17) is 0 Å². The molecule has 0 bridgehead atoms. The number of fused-ring (bicyclic) bond motifs is 1. The van der Waals surface area contributed by atoms with Crippen molar-refractivity contribution in [2.45, 2.75) is 19.4 Å². The van der Waals surface area contributed by atoms with Gasteiger partial charge in [-0.15, -0.1) is 0 Å². The predicted octanol–water partition coefficient (Wildman–Crippen LogP) is 2.69. The van der Waals surface area contributed by atoms with Crippen molar-refractivity contribution >= 4 is 22.4 Å². The van der Waals surface area contributed by atoms with E-state index < -0.39 is 42.3 Å². The lowest BCUT2D eigenvalue weighted by Gasteiger charge is -2.24. The molecule has 0 saturated heterocycles. The SMILES string of the molecule is CNC(=O)c1nn(CN(Cc2ccccc2[N+](=O)[O-])CC(F)(F)F)c(=O)c2ccccc12. The maximum Gasteiger partial charge on any atom is 0.401 e. The van der Waals surface area contributed by atoms with Crippen molar-refractivity contribution in [3.05, 3.63) is 80.3 Å². The third-order valence-corrected chi connectivity index (χ3v) is 4.63. The van der Waals surface area contributed by atoms with Crippen LogP contribution in [0.1, 0.15) is 16.1 Å². The number of nitrogens with one attached hydrogen (secondary N) is 1. The van der Waals surface area contributed by atoms with Gasteiger partial charge in [0, 0.05) is 30.6 Å². The molecule has 0 aliphatic carbocycles. The number of hydrogen-bond acceptors (Lipinski definition) is 6. The topological polar surface area (TPSA) is 110 Å². The summed E-state index contributed by atoms with van der Waals surface area (Å²) in [6, 6.07) is 11.5. The molecular formula is C20H18F3N5O4. The van der Waals surface area contributed by atoms with Crippen LogP contribution in [0.5, 0.6) is 0 Å². The third kappa shape index (κ3) is 5.09. The average Bonchev–Trinajstić information content (AvgIpc) is 2.74. The summed E-state index contributed by atoms with van der Waals surface area (Å²) in [4.78, 5) is 36.5. The molecule has 3 rings (SSSR count). The molecule has 9 nitrogen and oxygen atoms in total. The lowest BCUT2D eigenvalue weighted by molar-refractivity contribution is -0.385. The number of hydrogen-bond donors (Lipinski definition) is 1. The molecule has 168 valence electrons. The number of benzene rings is 2. The summed E-state index contributed by atoms with van der Waals surface area (Å²) in [5.74, 6) is -0.615. The summed E-state index contributed by atoms with van der Waals surface area (Å²) in [5.41, 5.74) is -1.12. The van der Waals surface area contributed by atoms with Gasteiger partial charge in [-0.25, -0.2) is 4.68 Å². The number of para-hydroxylation sites is 1. The number of amides is 1. The van der Waals surface area contributed by atoms with Crippen LogP contribution in [-0.2, 0) is 13.2 Å². The van der Waals surface area contributed by atoms with E-state index in [2.05, 4.69) is 10.4 Å². The Hall–Kier alpha value is -3.80. The van der Waals surface area contributed by atoms with Gasteiger partial charge in [-0.2, -0.15) is 18.3 Å². The molecule has 0 aliphatic rings. The molecule has 1 N–H and O–H groups in total. The second-order valence-electron chi connectivity index (χ2n) is 6.91. The lowest BCUT2D eigenvalue weighted by Crippen LogP contribution is -2.40. The van der Waals surface area contributed by atoms with Crippen molar-refractivity contribution in [3.8, 4) is 0 Å². The summed E-state index contributed by atoms with van der Waals surface area (Å²) in [6.07, 6.45) is -4.65. The van der Waals surface area contributed by atoms with E-state index in [1.54, 1.807) is 12.1 Å². The maximum absolute atomic E-state index is 13.2. The molecule has 0 saturated carbocycles. The number of carbonyl (C=O) groups is 1. The highest BCUT2D eigenvalue weighted by atomic mass is 19.4. The number of nitro benzene ring substituents is 1. The normalized spacial score (nSPS) is 11.7. The molecule has 1 heterocycles. The van der Waals surface area contributed by atoms with E-state index in [-0.39, 0.29) is 27.7 Å². The smallest absolute Gasteiger partial charge is 0.354 e. The van der Waals surface area contributed by atoms with E-state index in [1.165, 1.54) is 43.4 Å². The number of carbonyl (C=O) groups excluding carboxylic acids is 1. The average molecular weight is 449 g/mol. The number of aromatic nitrogens is 2. The Balaban J connectivity index is 2.07. The second kappa shape index (κ2) is 9.14. The van der Waals surface area contributed by atoms with Crippen LogP contribution < -0.4 is 10.9 Å². The van der Waals surface area contributed by atoms with E-state index in [0.717, 1.165) is 9.58 Å². The standard InChI is InChI=1S/C20H18F3N5O4/c1-24-18(29)17-14-7-3-4-8-15(14)19(30)27(25-17)12-26(11-20(21,22)23)10-13-6-2-5-9-16(13)28(31)32/h2-9H,10-12H2,1H3,(H,24,29). The van der Waals surface area contributed by atoms with Gasteiger partial charge in [-0.05, 0) is 6.07 Å². The summed E-state index contributed by atoms with van der Waals surface area (Å²) in [7, 11) is 1.36. The van der Waals surface area contributed by atoms with Gasteiger partial charge < -0.3 is 5.32 Å². The molecule has 0 spiro atoms. The predicted molar refractivity (Wildman–Crippen MR) is 109 cm³/mol. The Morgan fingerprint density at radius 3 is 2.41 bits per heavy atom. The number of rotatable bonds is 7. The first-order valence-electron chi connectivity index (χ1n) is 9.34. The van der Waals surface area contributed by atoms with Gasteiger partial charge in [-0.3, -0.25) is 24.6 Å². The Labute approximate surface area is 179 Å². The number of halogens is 3. The van der Waals surface area contributed by atoms with Gasteiger partial charge in [0.15, 0.2) is 5.69 Å². The summed E-state index contributed by atoms with van der Waals surface area (Å²) < 4.78 is 40.5. The van der Waals surface area contributed by atoms with Gasteiger partial charge in [0.2, 0.25) is 0 Å². The first-order chi connectivity index (χ1) is 15.1. The van der Waals surface area contributed by atoms with Gasteiger partial charge in [-0.1, -0.05) is 36.4 Å². The summed E-state index contributed by atoms with van der Waals surface area (Å²) >= 11 is 0. The van der Waals surface area contributed by atoms with E-state index >= 15 is 0 Å². The molecule has 1 aromatic heterocycles. The van der Waals surface area contributed by atoms with Crippen LogP contribution in [-0.4, -0.2) is 45.3 Å². The van der Waals surface area contributed by atoms with Crippen LogP contribution in [0.15, 0.2) is 53.3 Å². The van der Waals surface area contributed by atoms with Crippen molar-refractivity contribution < 1.29 is 22.9 Å². The molecule has 12 heteroatoms. The van der Waals surface area contributed by atoms with Crippen LogP contribution in [0.25, 0.3) is 10.8 Å². The fourth-order valence-electron chi connectivity index (χ4n) is 3.28. The van der Waals surface area contributed by atoms with Gasteiger partial charge in [0.05, 0.1) is 23.5 Å². The van der Waals surface area contributed by atoms with E-state index in [9.17, 15) is 32.9 Å². The minimum Gasteiger partial charge on any atom is -0.354 e. The monoisotopic (exact) mass is 449 g/mol. The zero-order valence-corrected chi connectivity index (χ0v) is 16.8. The molecule has 0 aliphatic heterocycles. The molecule has 0 fully saturated rings. The summed E-state index contributed by atoms with van der Waals surface area (Å²) in [6.45, 7) is -2.55. The minimum absolute atomic E-state index is 0.0436. The molecule has 2 aromatic carbocycles. The quantitative estimate of drug-likeness (QED) is 0.439. The van der Waals surface area contributed by atoms with Crippen LogP contribution in [0.4, 0.5) is 18.9 Å². The van der Waals surface area contributed by atoms with E-state index in [0.29, 0.717) is 0 Å². The number of nitro groups is 1. The van der Waals surface area contributed by atoms with Crippen molar-refractivity contribution in [2.24, 2.45) is 0 Å². The largest absolute Gasteiger partial charge is 0.401 e. The van der Waals surface area contributed by atoms with Crippen LogP contribution in [0.2, 0.25) is 0 Å². The highest BCUT2D eigenvalue weighted by molar-refractivity contribution is 6.04. The maximum atomic E-state index is 13.2.